The smallest absolute Gasteiger partial charge is 0.146 e. The molecule has 44 heavy (non-hydrogen) atoms. The molecule has 262 valence electrons. The van der Waals surface area contributed by atoms with E-state index in [-0.39, 0.29) is 5.92 Å². The maximum atomic E-state index is 12.1. The maximum absolute atomic E-state index is 12.1. The van der Waals surface area contributed by atoms with Crippen molar-refractivity contribution in [2.45, 2.75) is 152 Å². The third-order valence-corrected chi connectivity index (χ3v) is 9.65. The molecule has 0 aromatic carbocycles. The minimum absolute atomic E-state index is 0.232. The molecular formula is C40H78O4. The first kappa shape index (κ1) is 45.2. The third-order valence-electron chi connectivity index (χ3n) is 9.65. The van der Waals surface area contributed by atoms with Crippen molar-refractivity contribution in [1.82, 2.24) is 0 Å². The average Bonchev–Trinajstić information content (AvgIpc) is 3.01. The molecule has 6 unspecified atom stereocenters. The Labute approximate surface area is 276 Å². The van der Waals surface area contributed by atoms with E-state index < -0.39 is 0 Å². The van der Waals surface area contributed by atoms with Crippen molar-refractivity contribution in [2.24, 2.45) is 41.4 Å². The number of carbonyl (C=O) groups is 1. The molecule has 0 saturated heterocycles. The summed E-state index contributed by atoms with van der Waals surface area (Å²) in [6.07, 6.45) is 21.5. The predicted molar refractivity (Wildman–Crippen MR) is 193 cm³/mol. The van der Waals surface area contributed by atoms with Gasteiger partial charge in [0.25, 0.3) is 0 Å². The van der Waals surface area contributed by atoms with Gasteiger partial charge in [0, 0.05) is 33.4 Å². The van der Waals surface area contributed by atoms with Gasteiger partial charge in [-0.3, -0.25) is 0 Å². The highest BCUT2D eigenvalue weighted by Gasteiger charge is 2.33. The first-order valence-electron chi connectivity index (χ1n) is 18.4. The van der Waals surface area contributed by atoms with E-state index in [2.05, 4.69) is 70.6 Å². The van der Waals surface area contributed by atoms with Crippen molar-refractivity contribution < 1.29 is 19.0 Å². The van der Waals surface area contributed by atoms with E-state index in [1.165, 1.54) is 88.9 Å². The lowest BCUT2D eigenvalue weighted by molar-refractivity contribution is -0.113. The maximum Gasteiger partial charge on any atom is 0.146 e. The molecule has 4 nitrogen and oxygen atoms in total. The summed E-state index contributed by atoms with van der Waals surface area (Å²) < 4.78 is 13.9. The van der Waals surface area contributed by atoms with Gasteiger partial charge in [-0.25, -0.2) is 0 Å². The van der Waals surface area contributed by atoms with Gasteiger partial charge in [-0.2, -0.15) is 0 Å². The van der Waals surface area contributed by atoms with Gasteiger partial charge in [0.15, 0.2) is 0 Å². The first-order valence-corrected chi connectivity index (χ1v) is 18.4. The number of hydrogen-bond acceptors (Lipinski definition) is 4. The summed E-state index contributed by atoms with van der Waals surface area (Å²) in [6, 6.07) is 0. The predicted octanol–water partition coefficient (Wildman–Crippen LogP) is 11.9. The zero-order chi connectivity index (χ0) is 33.8. The van der Waals surface area contributed by atoms with Gasteiger partial charge in [0.1, 0.15) is 13.1 Å². The Hall–Kier alpha value is -0.970. The molecule has 1 aliphatic rings. The molecular weight excluding hydrogens is 544 g/mol. The molecule has 0 radical (unpaired) electrons. The summed E-state index contributed by atoms with van der Waals surface area (Å²) in [4.78, 5) is 12.1. The summed E-state index contributed by atoms with van der Waals surface area (Å²) in [5.41, 5.74) is 2.94. The molecule has 0 amide bonds. The number of allylic oxidation sites excluding steroid dienone is 3. The van der Waals surface area contributed by atoms with Crippen LogP contribution in [0.5, 0.6) is 0 Å². The molecule has 0 aliphatic heterocycles. The Balaban J connectivity index is 0. The van der Waals surface area contributed by atoms with E-state index in [9.17, 15) is 4.79 Å². The quantitative estimate of drug-likeness (QED) is 0.0521. The summed E-state index contributed by atoms with van der Waals surface area (Å²) in [5.74, 6) is 4.43. The van der Waals surface area contributed by atoms with Crippen LogP contribution in [0.2, 0.25) is 0 Å². The van der Waals surface area contributed by atoms with E-state index in [1.807, 2.05) is 13.8 Å². The Kier molecular flexibility index (Phi) is 31.5. The van der Waals surface area contributed by atoms with E-state index in [4.69, 9.17) is 4.74 Å². The number of ether oxygens (including phenoxy) is 3. The second kappa shape index (κ2) is 30.7. The lowest BCUT2D eigenvalue weighted by atomic mass is 9.68. The standard InChI is InChI=1S/C33H60O.C4H10O2.C3H8O/c1-9-11-14-27(6)28(7)18-21-31(33-29(8)15-12-16-32(33)24-34)22-20-30(19-17-25(3)4)23-26(5)13-10-2;1-3-6-4-5-2;1-3-4-2/h22,24,26-30,32-33H,3,9-21,23H2,1-2,4-8H3;3-4H2,1-2H3;3H2,1-2H3/b31-22+;;/t26-,27?,28?,29?,30?,32?,33?;;/m1../s1. The average molecular weight is 623 g/mol. The van der Waals surface area contributed by atoms with Gasteiger partial charge in [-0.15, -0.1) is 6.58 Å². The van der Waals surface area contributed by atoms with Gasteiger partial charge >= 0.3 is 0 Å². The second-order valence-corrected chi connectivity index (χ2v) is 13.9. The summed E-state index contributed by atoms with van der Waals surface area (Å²) >= 11 is 0. The molecule has 1 aliphatic carbocycles. The zero-order valence-corrected chi connectivity index (χ0v) is 31.6. The minimum Gasteiger partial charge on any atom is -0.385 e. The van der Waals surface area contributed by atoms with Crippen molar-refractivity contribution in [3.8, 4) is 0 Å². The van der Waals surface area contributed by atoms with Crippen LogP contribution >= 0.6 is 0 Å². The highest BCUT2D eigenvalue weighted by Crippen LogP contribution is 2.41. The van der Waals surface area contributed by atoms with Crippen molar-refractivity contribution in [3.05, 3.63) is 23.8 Å². The van der Waals surface area contributed by atoms with Crippen LogP contribution in [0.25, 0.3) is 0 Å². The lowest BCUT2D eigenvalue weighted by Gasteiger charge is -2.36. The second-order valence-electron chi connectivity index (χ2n) is 13.9. The number of aldehydes is 1. The molecule has 0 aromatic rings. The van der Waals surface area contributed by atoms with Gasteiger partial charge in [-0.05, 0) is 101 Å². The Morgan fingerprint density at radius 2 is 1.55 bits per heavy atom. The van der Waals surface area contributed by atoms with Gasteiger partial charge in [0.05, 0.1) is 0 Å². The highest BCUT2D eigenvalue weighted by atomic mass is 16.7. The number of unbranched alkanes of at least 4 members (excludes halogenated alkanes) is 1. The summed E-state index contributed by atoms with van der Waals surface area (Å²) in [7, 11) is 3.29. The molecule has 0 N–H and O–H groups in total. The van der Waals surface area contributed by atoms with Crippen LogP contribution in [0.15, 0.2) is 23.8 Å². The van der Waals surface area contributed by atoms with Gasteiger partial charge < -0.3 is 19.0 Å². The topological polar surface area (TPSA) is 44.8 Å². The third kappa shape index (κ3) is 23.4. The fraction of sp³-hybridized carbons (Fsp3) is 0.875. The molecule has 0 aromatic heterocycles. The summed E-state index contributed by atoms with van der Waals surface area (Å²) in [5, 5.41) is 0. The Morgan fingerprint density at radius 3 is 2.05 bits per heavy atom. The normalized spacial score (nSPS) is 21.2. The van der Waals surface area contributed by atoms with Crippen molar-refractivity contribution in [3.63, 3.8) is 0 Å². The molecule has 0 spiro atoms. The van der Waals surface area contributed by atoms with Gasteiger partial charge in [-0.1, -0.05) is 104 Å². The molecule has 1 saturated carbocycles. The van der Waals surface area contributed by atoms with Crippen LogP contribution < -0.4 is 0 Å². The SMILES string of the molecule is C=C(C)CCC(C/C=C(\CCC(C)C(C)CCCC)C1C(C)CCCC1C=O)C[C@H](C)CCC.CCOC.CCOCOC. The van der Waals surface area contributed by atoms with Crippen molar-refractivity contribution in [1.29, 1.82) is 0 Å². The van der Waals surface area contributed by atoms with Crippen molar-refractivity contribution in [2.75, 3.05) is 34.2 Å². The Bertz CT molecular complexity index is 681. The monoisotopic (exact) mass is 623 g/mol. The van der Waals surface area contributed by atoms with E-state index in [0.717, 1.165) is 49.7 Å². The van der Waals surface area contributed by atoms with Crippen LogP contribution in [-0.4, -0.2) is 40.5 Å². The lowest BCUT2D eigenvalue weighted by Crippen LogP contribution is -2.29. The van der Waals surface area contributed by atoms with E-state index in [1.54, 1.807) is 19.8 Å². The van der Waals surface area contributed by atoms with Crippen LogP contribution in [0.3, 0.4) is 0 Å². The van der Waals surface area contributed by atoms with Crippen LogP contribution in [0.4, 0.5) is 0 Å². The van der Waals surface area contributed by atoms with Crippen LogP contribution in [0, 0.1) is 41.4 Å². The molecule has 7 atom stereocenters. The fourth-order valence-electron chi connectivity index (χ4n) is 6.59. The number of hydrogen-bond donors (Lipinski definition) is 0. The fourth-order valence-corrected chi connectivity index (χ4v) is 6.59. The van der Waals surface area contributed by atoms with Gasteiger partial charge in [0.2, 0.25) is 0 Å². The molecule has 4 heteroatoms. The van der Waals surface area contributed by atoms with Crippen LogP contribution in [-0.2, 0) is 19.0 Å². The van der Waals surface area contributed by atoms with E-state index in [0.29, 0.717) is 18.6 Å². The highest BCUT2D eigenvalue weighted by molar-refractivity contribution is 5.55. The molecule has 0 bridgehead atoms. The minimum atomic E-state index is 0.232. The number of methoxy groups -OCH3 is 2. The summed E-state index contributed by atoms with van der Waals surface area (Å²) in [6.45, 7) is 26.6. The molecule has 1 fully saturated rings. The molecule has 1 rings (SSSR count). The van der Waals surface area contributed by atoms with E-state index >= 15 is 0 Å². The zero-order valence-electron chi connectivity index (χ0n) is 31.6. The largest absolute Gasteiger partial charge is 0.385 e. The van der Waals surface area contributed by atoms with Crippen LogP contribution in [0.1, 0.15) is 152 Å². The Morgan fingerprint density at radius 1 is 0.886 bits per heavy atom. The number of rotatable bonds is 22. The first-order chi connectivity index (χ1) is 21.1. The number of carbonyl (C=O) groups excluding carboxylic acids is 1. The van der Waals surface area contributed by atoms with Crippen molar-refractivity contribution >= 4 is 6.29 Å². The molecule has 0 heterocycles.